The summed E-state index contributed by atoms with van der Waals surface area (Å²) < 4.78 is 1.83. The lowest BCUT2D eigenvalue weighted by molar-refractivity contribution is 0.574. The van der Waals surface area contributed by atoms with Gasteiger partial charge in [0.15, 0.2) is 0 Å². The van der Waals surface area contributed by atoms with Crippen molar-refractivity contribution in [1.29, 1.82) is 0 Å². The van der Waals surface area contributed by atoms with Gasteiger partial charge in [0.25, 0.3) is 0 Å². The molecule has 0 aromatic carbocycles. The average Bonchev–Trinajstić information content (AvgIpc) is 2.77. The van der Waals surface area contributed by atoms with Crippen LogP contribution in [0.3, 0.4) is 0 Å². The SMILES string of the molecule is CCn1ncnc1CC(N)c1cnccn1. The summed E-state index contributed by atoms with van der Waals surface area (Å²) >= 11 is 0. The zero-order valence-electron chi connectivity index (χ0n) is 9.11. The summed E-state index contributed by atoms with van der Waals surface area (Å²) in [4.78, 5) is 12.3. The molecule has 0 aliphatic rings. The molecule has 84 valence electrons. The van der Waals surface area contributed by atoms with Crippen molar-refractivity contribution >= 4 is 0 Å². The van der Waals surface area contributed by atoms with E-state index in [1.807, 2.05) is 11.6 Å². The summed E-state index contributed by atoms with van der Waals surface area (Å²) in [6, 6.07) is -0.191. The molecular weight excluding hydrogens is 204 g/mol. The van der Waals surface area contributed by atoms with Crippen LogP contribution in [-0.4, -0.2) is 24.7 Å². The lowest BCUT2D eigenvalue weighted by Crippen LogP contribution is -2.18. The summed E-state index contributed by atoms with van der Waals surface area (Å²) in [5.74, 6) is 0.876. The van der Waals surface area contributed by atoms with Gasteiger partial charge in [-0.25, -0.2) is 4.98 Å². The zero-order valence-corrected chi connectivity index (χ0v) is 9.11. The van der Waals surface area contributed by atoms with Gasteiger partial charge in [0.1, 0.15) is 12.2 Å². The van der Waals surface area contributed by atoms with E-state index in [1.165, 1.54) is 0 Å². The first-order chi connectivity index (χ1) is 7.81. The molecule has 0 saturated heterocycles. The van der Waals surface area contributed by atoms with Crippen LogP contribution in [-0.2, 0) is 13.0 Å². The Bertz CT molecular complexity index is 438. The highest BCUT2D eigenvalue weighted by Gasteiger charge is 2.12. The van der Waals surface area contributed by atoms with Gasteiger partial charge in [-0.15, -0.1) is 0 Å². The second-order valence-electron chi connectivity index (χ2n) is 3.43. The molecule has 2 heterocycles. The van der Waals surface area contributed by atoms with Crippen molar-refractivity contribution in [3.63, 3.8) is 0 Å². The van der Waals surface area contributed by atoms with Crippen LogP contribution in [0.25, 0.3) is 0 Å². The molecule has 0 saturated carbocycles. The van der Waals surface area contributed by atoms with E-state index >= 15 is 0 Å². The zero-order chi connectivity index (χ0) is 11.4. The van der Waals surface area contributed by atoms with Gasteiger partial charge in [-0.3, -0.25) is 14.6 Å². The lowest BCUT2D eigenvalue weighted by Gasteiger charge is -2.10. The minimum absolute atomic E-state index is 0.191. The first kappa shape index (κ1) is 10.7. The normalized spacial score (nSPS) is 12.6. The monoisotopic (exact) mass is 218 g/mol. The van der Waals surface area contributed by atoms with Crippen LogP contribution in [0.5, 0.6) is 0 Å². The van der Waals surface area contributed by atoms with Gasteiger partial charge in [-0.05, 0) is 6.92 Å². The Balaban J connectivity index is 2.11. The van der Waals surface area contributed by atoms with E-state index in [0.717, 1.165) is 18.1 Å². The number of nitrogens with two attached hydrogens (primary N) is 1. The molecular formula is C10H14N6. The molecule has 0 aliphatic carbocycles. The van der Waals surface area contributed by atoms with Crippen LogP contribution < -0.4 is 5.73 Å². The standard InChI is InChI=1S/C10H14N6/c1-2-16-10(14-7-15-16)5-8(11)9-6-12-3-4-13-9/h3-4,6-8H,2,5,11H2,1H3. The summed E-state index contributed by atoms with van der Waals surface area (Å²) in [7, 11) is 0. The smallest absolute Gasteiger partial charge is 0.138 e. The van der Waals surface area contributed by atoms with Crippen LogP contribution in [0.4, 0.5) is 0 Å². The third-order valence-corrected chi connectivity index (χ3v) is 2.36. The van der Waals surface area contributed by atoms with Crippen LogP contribution in [0.1, 0.15) is 24.5 Å². The highest BCUT2D eigenvalue weighted by atomic mass is 15.3. The fourth-order valence-corrected chi connectivity index (χ4v) is 1.51. The molecule has 0 aliphatic heterocycles. The van der Waals surface area contributed by atoms with Crippen molar-refractivity contribution in [3.05, 3.63) is 36.4 Å². The quantitative estimate of drug-likeness (QED) is 0.799. The van der Waals surface area contributed by atoms with E-state index in [0.29, 0.717) is 6.42 Å². The Labute approximate surface area is 93.6 Å². The second kappa shape index (κ2) is 4.80. The fraction of sp³-hybridized carbons (Fsp3) is 0.400. The fourth-order valence-electron chi connectivity index (χ4n) is 1.51. The number of nitrogens with zero attached hydrogens (tertiary/aromatic N) is 5. The maximum atomic E-state index is 6.03. The minimum Gasteiger partial charge on any atom is -0.322 e. The molecule has 1 atom stereocenters. The Kier molecular flexibility index (Phi) is 3.21. The summed E-state index contributed by atoms with van der Waals surface area (Å²) in [6.07, 6.45) is 7.11. The highest BCUT2D eigenvalue weighted by molar-refractivity contribution is 5.04. The maximum absolute atomic E-state index is 6.03. The van der Waals surface area contributed by atoms with Gasteiger partial charge >= 0.3 is 0 Å². The highest BCUT2D eigenvalue weighted by Crippen LogP contribution is 2.10. The molecule has 0 bridgehead atoms. The number of aryl methyl sites for hydroxylation is 1. The van der Waals surface area contributed by atoms with E-state index in [2.05, 4.69) is 20.1 Å². The van der Waals surface area contributed by atoms with Crippen molar-refractivity contribution in [3.8, 4) is 0 Å². The van der Waals surface area contributed by atoms with Crippen molar-refractivity contribution in [2.24, 2.45) is 5.73 Å². The molecule has 2 rings (SSSR count). The predicted molar refractivity (Wildman–Crippen MR) is 58.4 cm³/mol. The number of rotatable bonds is 4. The van der Waals surface area contributed by atoms with Crippen LogP contribution in [0, 0.1) is 0 Å². The molecule has 16 heavy (non-hydrogen) atoms. The molecule has 0 fully saturated rings. The van der Waals surface area contributed by atoms with Crippen LogP contribution in [0.2, 0.25) is 0 Å². The van der Waals surface area contributed by atoms with Crippen LogP contribution >= 0.6 is 0 Å². The Morgan fingerprint density at radius 2 is 2.25 bits per heavy atom. The van der Waals surface area contributed by atoms with E-state index in [9.17, 15) is 0 Å². The van der Waals surface area contributed by atoms with Gasteiger partial charge in [0, 0.05) is 31.6 Å². The molecule has 0 radical (unpaired) electrons. The topological polar surface area (TPSA) is 82.5 Å². The minimum atomic E-state index is -0.191. The molecule has 0 amide bonds. The third-order valence-electron chi connectivity index (χ3n) is 2.36. The van der Waals surface area contributed by atoms with E-state index in [1.54, 1.807) is 24.9 Å². The van der Waals surface area contributed by atoms with Gasteiger partial charge in [0.05, 0.1) is 11.7 Å². The van der Waals surface area contributed by atoms with Gasteiger partial charge in [-0.1, -0.05) is 0 Å². The first-order valence-electron chi connectivity index (χ1n) is 5.19. The van der Waals surface area contributed by atoms with Crippen molar-refractivity contribution in [2.45, 2.75) is 25.9 Å². The van der Waals surface area contributed by atoms with E-state index < -0.39 is 0 Å². The van der Waals surface area contributed by atoms with Crippen molar-refractivity contribution in [1.82, 2.24) is 24.7 Å². The van der Waals surface area contributed by atoms with E-state index in [-0.39, 0.29) is 6.04 Å². The van der Waals surface area contributed by atoms with Gasteiger partial charge in [0.2, 0.25) is 0 Å². The van der Waals surface area contributed by atoms with E-state index in [4.69, 9.17) is 5.73 Å². The molecule has 1 unspecified atom stereocenters. The Hall–Kier alpha value is -1.82. The summed E-state index contributed by atoms with van der Waals surface area (Å²) in [6.45, 7) is 2.81. The first-order valence-corrected chi connectivity index (χ1v) is 5.19. The molecule has 2 aromatic rings. The molecule has 0 spiro atoms. The number of aromatic nitrogens is 5. The summed E-state index contributed by atoms with van der Waals surface area (Å²) in [5.41, 5.74) is 6.80. The number of hydrogen-bond acceptors (Lipinski definition) is 5. The average molecular weight is 218 g/mol. The molecule has 2 aromatic heterocycles. The van der Waals surface area contributed by atoms with Crippen molar-refractivity contribution in [2.75, 3.05) is 0 Å². The maximum Gasteiger partial charge on any atom is 0.138 e. The Morgan fingerprint density at radius 1 is 1.38 bits per heavy atom. The lowest BCUT2D eigenvalue weighted by atomic mass is 10.1. The van der Waals surface area contributed by atoms with Crippen LogP contribution in [0.15, 0.2) is 24.9 Å². The molecule has 6 heteroatoms. The van der Waals surface area contributed by atoms with Gasteiger partial charge in [-0.2, -0.15) is 5.10 Å². The second-order valence-corrected chi connectivity index (χ2v) is 3.43. The molecule has 6 nitrogen and oxygen atoms in total. The predicted octanol–water partition coefficient (Wildman–Crippen LogP) is 0.330. The van der Waals surface area contributed by atoms with Crippen molar-refractivity contribution < 1.29 is 0 Å². The number of hydrogen-bond donors (Lipinski definition) is 1. The largest absolute Gasteiger partial charge is 0.322 e. The summed E-state index contributed by atoms with van der Waals surface area (Å²) in [5, 5.41) is 4.10. The Morgan fingerprint density at radius 3 is 2.94 bits per heavy atom. The molecule has 2 N–H and O–H groups in total. The van der Waals surface area contributed by atoms with Gasteiger partial charge < -0.3 is 5.73 Å². The third kappa shape index (κ3) is 2.22.